The molecule has 0 fully saturated rings. The van der Waals surface area contributed by atoms with Crippen LogP contribution in [0.4, 0.5) is 0 Å². The summed E-state index contributed by atoms with van der Waals surface area (Å²) in [7, 11) is 0. The Balaban J connectivity index is 1.95. The summed E-state index contributed by atoms with van der Waals surface area (Å²) in [6, 6.07) is 16.2. The normalized spacial score (nSPS) is 14.1. The zero-order valence-corrected chi connectivity index (χ0v) is 11.9. The highest BCUT2D eigenvalue weighted by atomic mass is 16.4. The maximum atomic E-state index is 12.3. The van der Waals surface area contributed by atoms with Gasteiger partial charge in [-0.25, -0.2) is 0 Å². The lowest BCUT2D eigenvalue weighted by atomic mass is 9.90. The molecule has 0 radical (unpaired) electrons. The van der Waals surface area contributed by atoms with Gasteiger partial charge in [-0.1, -0.05) is 48.5 Å². The molecule has 2 aromatic carbocycles. The van der Waals surface area contributed by atoms with Crippen molar-refractivity contribution in [3.63, 3.8) is 0 Å². The summed E-state index contributed by atoms with van der Waals surface area (Å²) in [5.41, 5.74) is 1.25. The molecule has 0 saturated heterocycles. The molecule has 0 spiro atoms. The molecule has 4 heteroatoms. The van der Waals surface area contributed by atoms with E-state index in [0.29, 0.717) is 17.7 Å². The van der Waals surface area contributed by atoms with Gasteiger partial charge in [0.1, 0.15) is 0 Å². The zero-order valence-electron chi connectivity index (χ0n) is 11.9. The monoisotopic (exact) mass is 293 g/mol. The van der Waals surface area contributed by atoms with Crippen LogP contribution in [0.3, 0.4) is 0 Å². The molecule has 0 aliphatic carbocycles. The molecular formula is C18H15NO3. The number of hydrogen-bond donors (Lipinski definition) is 1. The highest BCUT2D eigenvalue weighted by Gasteiger charge is 2.27. The topological polar surface area (TPSA) is 66.7 Å². The average Bonchev–Trinajstić information content (AvgIpc) is 2.96. The van der Waals surface area contributed by atoms with Crippen molar-refractivity contribution < 1.29 is 14.7 Å². The minimum Gasteiger partial charge on any atom is -0.481 e. The first kappa shape index (κ1) is 14.2. The van der Waals surface area contributed by atoms with Crippen molar-refractivity contribution in [2.24, 2.45) is 10.9 Å². The van der Waals surface area contributed by atoms with Crippen LogP contribution in [0.5, 0.6) is 0 Å². The maximum absolute atomic E-state index is 12.3. The van der Waals surface area contributed by atoms with E-state index in [-0.39, 0.29) is 12.2 Å². The van der Waals surface area contributed by atoms with Gasteiger partial charge in [0, 0.05) is 17.2 Å². The van der Waals surface area contributed by atoms with Gasteiger partial charge in [0.2, 0.25) is 0 Å². The largest absolute Gasteiger partial charge is 0.481 e. The summed E-state index contributed by atoms with van der Waals surface area (Å²) >= 11 is 0. The number of aliphatic carboxylic acids is 1. The van der Waals surface area contributed by atoms with Gasteiger partial charge in [0.15, 0.2) is 5.78 Å². The number of fused-ring (bicyclic) bond motifs is 1. The van der Waals surface area contributed by atoms with Crippen molar-refractivity contribution >= 4 is 17.3 Å². The molecule has 1 aliphatic heterocycles. The zero-order chi connectivity index (χ0) is 15.5. The standard InChI is InChI=1S/C18H15NO3/c20-17(12-6-2-1-3-7-12)10-14(18(21)22)15-11-19-16-9-5-4-8-13(15)16/h1-9,14H,10-11H2,(H,21,22)/t14-/m0/s1. The van der Waals surface area contributed by atoms with E-state index in [2.05, 4.69) is 4.99 Å². The van der Waals surface area contributed by atoms with Crippen LogP contribution in [0.2, 0.25) is 0 Å². The number of rotatable bonds is 5. The van der Waals surface area contributed by atoms with Crippen LogP contribution in [0.1, 0.15) is 16.8 Å². The number of ketones is 1. The van der Waals surface area contributed by atoms with Crippen LogP contribution in [0.25, 0.3) is 5.57 Å². The Kier molecular flexibility index (Phi) is 3.83. The second kappa shape index (κ2) is 5.93. The third-order valence-electron chi connectivity index (χ3n) is 3.87. The van der Waals surface area contributed by atoms with Crippen LogP contribution in [-0.4, -0.2) is 23.4 Å². The van der Waals surface area contributed by atoms with Crippen molar-refractivity contribution in [3.8, 4) is 0 Å². The number of nitrogens with zero attached hydrogens (tertiary/aromatic N) is 1. The highest BCUT2D eigenvalue weighted by molar-refractivity contribution is 6.00. The molecule has 0 aromatic heterocycles. The maximum Gasteiger partial charge on any atom is 0.311 e. The van der Waals surface area contributed by atoms with E-state index in [1.165, 1.54) is 0 Å². The van der Waals surface area contributed by atoms with E-state index in [0.717, 1.165) is 10.6 Å². The van der Waals surface area contributed by atoms with Crippen LogP contribution in [0.15, 0.2) is 59.6 Å². The number of para-hydroxylation sites is 1. The third-order valence-corrected chi connectivity index (χ3v) is 3.87. The molecule has 0 saturated carbocycles. The summed E-state index contributed by atoms with van der Waals surface area (Å²) in [6.07, 6.45) is -0.0431. The van der Waals surface area contributed by atoms with Crippen LogP contribution in [-0.2, 0) is 4.79 Å². The molecule has 1 aliphatic rings. The number of carbonyl (C=O) groups excluding carboxylic acids is 1. The molecule has 0 unspecified atom stereocenters. The molecule has 0 bridgehead atoms. The fourth-order valence-electron chi connectivity index (χ4n) is 2.72. The summed E-state index contributed by atoms with van der Waals surface area (Å²) in [5, 5.41) is 11.2. The van der Waals surface area contributed by atoms with Gasteiger partial charge in [-0.3, -0.25) is 14.6 Å². The van der Waals surface area contributed by atoms with Gasteiger partial charge in [0.05, 0.1) is 17.8 Å². The quantitative estimate of drug-likeness (QED) is 0.848. The Hall–Kier alpha value is -2.75. The summed E-state index contributed by atoms with van der Waals surface area (Å²) in [4.78, 5) is 28.3. The molecule has 3 rings (SSSR count). The molecule has 1 atom stereocenters. The molecule has 22 heavy (non-hydrogen) atoms. The summed E-state index contributed by atoms with van der Waals surface area (Å²) < 4.78 is 0. The number of benzene rings is 2. The van der Waals surface area contributed by atoms with Gasteiger partial charge in [0.25, 0.3) is 0 Å². The van der Waals surface area contributed by atoms with Crippen LogP contribution >= 0.6 is 0 Å². The van der Waals surface area contributed by atoms with Crippen LogP contribution in [0, 0.1) is 5.92 Å². The number of Topliss-reactive ketones (excluding diaryl/α,β-unsaturated/α-hetero) is 1. The molecule has 2 aromatic rings. The number of carbonyl (C=O) groups is 2. The lowest BCUT2D eigenvalue weighted by molar-refractivity contribution is -0.139. The van der Waals surface area contributed by atoms with Crippen LogP contribution < -0.4 is 10.6 Å². The lowest BCUT2D eigenvalue weighted by Gasteiger charge is -2.13. The van der Waals surface area contributed by atoms with Crippen molar-refractivity contribution in [2.75, 3.05) is 6.54 Å². The van der Waals surface area contributed by atoms with Crippen molar-refractivity contribution in [1.29, 1.82) is 0 Å². The van der Waals surface area contributed by atoms with E-state index in [4.69, 9.17) is 0 Å². The smallest absolute Gasteiger partial charge is 0.311 e. The molecule has 4 nitrogen and oxygen atoms in total. The predicted molar refractivity (Wildman–Crippen MR) is 82.0 cm³/mol. The molecule has 1 heterocycles. The number of carboxylic acids is 1. The molecule has 0 amide bonds. The Morgan fingerprint density at radius 2 is 1.73 bits per heavy atom. The Bertz CT molecular complexity index is 840. The van der Waals surface area contributed by atoms with E-state index in [9.17, 15) is 14.7 Å². The van der Waals surface area contributed by atoms with Crippen molar-refractivity contribution in [1.82, 2.24) is 0 Å². The van der Waals surface area contributed by atoms with E-state index >= 15 is 0 Å². The third kappa shape index (κ3) is 2.68. The Morgan fingerprint density at radius 3 is 2.45 bits per heavy atom. The lowest BCUT2D eigenvalue weighted by Crippen LogP contribution is -2.28. The molecule has 1 N–H and O–H groups in total. The second-order valence-electron chi connectivity index (χ2n) is 5.24. The van der Waals surface area contributed by atoms with E-state index in [1.54, 1.807) is 24.3 Å². The molecular weight excluding hydrogens is 278 g/mol. The Morgan fingerprint density at radius 1 is 1.05 bits per heavy atom. The van der Waals surface area contributed by atoms with Gasteiger partial charge in [-0.15, -0.1) is 0 Å². The van der Waals surface area contributed by atoms with Gasteiger partial charge in [-0.2, -0.15) is 0 Å². The first-order valence-corrected chi connectivity index (χ1v) is 7.10. The van der Waals surface area contributed by atoms with E-state index in [1.807, 2.05) is 30.3 Å². The van der Waals surface area contributed by atoms with Crippen molar-refractivity contribution in [2.45, 2.75) is 6.42 Å². The van der Waals surface area contributed by atoms with Gasteiger partial charge >= 0.3 is 5.97 Å². The Labute approximate surface area is 127 Å². The number of carboxylic acid groups (broad SMARTS) is 1. The van der Waals surface area contributed by atoms with Crippen molar-refractivity contribution in [3.05, 3.63) is 70.7 Å². The first-order valence-electron chi connectivity index (χ1n) is 7.10. The highest BCUT2D eigenvalue weighted by Crippen LogP contribution is 2.20. The predicted octanol–water partition coefficient (Wildman–Crippen LogP) is 1.44. The number of hydrogen-bond acceptors (Lipinski definition) is 3. The minimum absolute atomic E-state index is 0.0431. The minimum atomic E-state index is -0.980. The summed E-state index contributed by atoms with van der Waals surface area (Å²) in [6.45, 7) is 0.346. The van der Waals surface area contributed by atoms with Gasteiger partial charge in [-0.05, 0) is 11.6 Å². The fraction of sp³-hybridized carbons (Fsp3) is 0.167. The average molecular weight is 293 g/mol. The van der Waals surface area contributed by atoms with Gasteiger partial charge < -0.3 is 5.11 Å². The fourth-order valence-corrected chi connectivity index (χ4v) is 2.72. The SMILES string of the molecule is O=C(C[C@H](C(=O)O)C1=c2ccccc2=NC1)c1ccccc1. The first-order chi connectivity index (χ1) is 10.7. The van der Waals surface area contributed by atoms with E-state index < -0.39 is 11.9 Å². The molecule has 110 valence electrons. The second-order valence-corrected chi connectivity index (χ2v) is 5.24. The summed E-state index contributed by atoms with van der Waals surface area (Å²) in [5.74, 6) is -1.98.